The fraction of sp³-hybridized carbons (Fsp3) is 0.161. The Bertz CT molecular complexity index is 2060. The lowest BCUT2D eigenvalue weighted by molar-refractivity contribution is 0.231. The summed E-state index contributed by atoms with van der Waals surface area (Å²) in [6, 6.07) is 12.7. The Morgan fingerprint density at radius 2 is 1.70 bits per heavy atom. The number of nitrogens with zero attached hydrogens (tertiary/aromatic N) is 4. The molecular formula is C31H25ClF3N5O3. The summed E-state index contributed by atoms with van der Waals surface area (Å²) >= 11 is 0. The minimum absolute atomic E-state index is 0. The van der Waals surface area contributed by atoms with Crippen LogP contribution in [-0.4, -0.2) is 25.9 Å². The molecule has 0 amide bonds. The lowest BCUT2D eigenvalue weighted by Crippen LogP contribution is -2.16. The maximum atomic E-state index is 15.0. The molecule has 0 fully saturated rings. The first-order valence-electron chi connectivity index (χ1n) is 13.1. The fourth-order valence-electron chi connectivity index (χ4n) is 4.97. The van der Waals surface area contributed by atoms with Crippen molar-refractivity contribution in [2.45, 2.75) is 32.9 Å². The van der Waals surface area contributed by atoms with Gasteiger partial charge in [-0.1, -0.05) is 12.1 Å². The molecular weight excluding hydrogens is 583 g/mol. The van der Waals surface area contributed by atoms with E-state index < -0.39 is 28.9 Å². The number of anilines is 1. The lowest BCUT2D eigenvalue weighted by atomic mass is 9.99. The van der Waals surface area contributed by atoms with Crippen molar-refractivity contribution in [3.05, 3.63) is 100 Å². The van der Waals surface area contributed by atoms with Gasteiger partial charge in [-0.25, -0.2) is 27.8 Å². The smallest absolute Gasteiger partial charge is 0.200 e. The largest absolute Gasteiger partial charge is 0.488 e. The zero-order chi connectivity index (χ0) is 29.7. The Kier molecular flexibility index (Phi) is 7.85. The van der Waals surface area contributed by atoms with Crippen molar-refractivity contribution in [3.8, 4) is 28.1 Å². The van der Waals surface area contributed by atoms with Crippen molar-refractivity contribution in [1.82, 2.24) is 19.7 Å². The first kappa shape index (κ1) is 29.6. The van der Waals surface area contributed by atoms with Gasteiger partial charge in [-0.15, -0.1) is 12.4 Å². The third kappa shape index (κ3) is 5.27. The van der Waals surface area contributed by atoms with E-state index in [0.29, 0.717) is 22.3 Å². The predicted molar refractivity (Wildman–Crippen MR) is 160 cm³/mol. The molecule has 12 heteroatoms. The highest BCUT2D eigenvalue weighted by molar-refractivity contribution is 5.98. The van der Waals surface area contributed by atoms with E-state index in [-0.39, 0.29) is 57.9 Å². The van der Waals surface area contributed by atoms with Crippen LogP contribution in [0.4, 0.5) is 19.0 Å². The average Bonchev–Trinajstić information content (AvgIpc) is 3.35. The number of fused-ring (bicyclic) bond motifs is 2. The fourth-order valence-corrected chi connectivity index (χ4v) is 4.97. The Labute approximate surface area is 249 Å². The van der Waals surface area contributed by atoms with Gasteiger partial charge in [-0.2, -0.15) is 5.10 Å². The first-order chi connectivity index (χ1) is 20.1. The number of aromatic nitrogens is 4. The summed E-state index contributed by atoms with van der Waals surface area (Å²) in [6.07, 6.45) is 1.04. The van der Waals surface area contributed by atoms with Gasteiger partial charge in [0.2, 0.25) is 5.43 Å². The molecule has 0 radical (unpaired) electrons. The molecule has 0 bridgehead atoms. The molecule has 6 rings (SSSR count). The lowest BCUT2D eigenvalue weighted by Gasteiger charge is -2.17. The summed E-state index contributed by atoms with van der Waals surface area (Å²) in [7, 11) is 0. The normalized spacial score (nSPS) is 12.1. The van der Waals surface area contributed by atoms with Gasteiger partial charge in [0.05, 0.1) is 22.4 Å². The highest BCUT2D eigenvalue weighted by atomic mass is 35.5. The van der Waals surface area contributed by atoms with Crippen LogP contribution >= 0.6 is 12.4 Å². The summed E-state index contributed by atoms with van der Waals surface area (Å²) < 4.78 is 56.6. The number of hydrogen-bond donors (Lipinski definition) is 1. The molecule has 1 atom stereocenters. The maximum Gasteiger partial charge on any atom is 0.200 e. The maximum absolute atomic E-state index is 15.0. The molecule has 0 spiro atoms. The number of benzene rings is 3. The van der Waals surface area contributed by atoms with E-state index in [4.69, 9.17) is 20.0 Å². The Morgan fingerprint density at radius 3 is 2.42 bits per heavy atom. The monoisotopic (exact) mass is 607 g/mol. The first-order valence-corrected chi connectivity index (χ1v) is 13.1. The second kappa shape index (κ2) is 11.4. The average molecular weight is 608 g/mol. The summed E-state index contributed by atoms with van der Waals surface area (Å²) in [5, 5.41) is 5.10. The molecule has 3 aromatic carbocycles. The van der Waals surface area contributed by atoms with Crippen molar-refractivity contribution < 1.29 is 22.3 Å². The van der Waals surface area contributed by atoms with E-state index in [1.807, 2.05) is 0 Å². The Hall–Kier alpha value is -4.90. The molecule has 3 aromatic heterocycles. The van der Waals surface area contributed by atoms with Crippen molar-refractivity contribution in [1.29, 1.82) is 0 Å². The summed E-state index contributed by atoms with van der Waals surface area (Å²) in [4.78, 5) is 22.3. The molecule has 3 heterocycles. The summed E-state index contributed by atoms with van der Waals surface area (Å²) in [5.74, 6) is -1.45. The minimum Gasteiger partial charge on any atom is -0.488 e. The highest BCUT2D eigenvalue weighted by Crippen LogP contribution is 2.37. The van der Waals surface area contributed by atoms with Gasteiger partial charge in [0, 0.05) is 5.56 Å². The van der Waals surface area contributed by atoms with E-state index in [0.717, 1.165) is 6.07 Å². The van der Waals surface area contributed by atoms with E-state index in [9.17, 15) is 18.0 Å². The molecule has 0 saturated carbocycles. The van der Waals surface area contributed by atoms with Crippen LogP contribution in [0.2, 0.25) is 0 Å². The Morgan fingerprint density at radius 1 is 0.930 bits per heavy atom. The third-order valence-corrected chi connectivity index (χ3v) is 6.83. The second-order valence-electron chi connectivity index (χ2n) is 10.1. The molecule has 43 heavy (non-hydrogen) atoms. The van der Waals surface area contributed by atoms with E-state index >= 15 is 0 Å². The van der Waals surface area contributed by atoms with Gasteiger partial charge in [0.1, 0.15) is 46.9 Å². The van der Waals surface area contributed by atoms with Gasteiger partial charge in [-0.3, -0.25) is 4.79 Å². The van der Waals surface area contributed by atoms with Crippen LogP contribution in [-0.2, 0) is 0 Å². The summed E-state index contributed by atoms with van der Waals surface area (Å²) in [6.45, 7) is 5.30. The van der Waals surface area contributed by atoms with E-state index in [1.54, 1.807) is 32.9 Å². The SMILES string of the molecule is CC(C)Oc1ccc(-c2nn([C@@H](C)c3oc4ccc(F)cc4c(=O)c3-c3cccc(F)c3)c3ncnc(N)c23)cc1F.Cl. The molecule has 0 aliphatic rings. The zero-order valence-electron chi connectivity index (χ0n) is 23.1. The molecule has 220 valence electrons. The van der Waals surface area contributed by atoms with Gasteiger partial charge in [0.15, 0.2) is 17.2 Å². The van der Waals surface area contributed by atoms with Crippen LogP contribution in [0.15, 0.2) is 76.2 Å². The number of nitrogen functional groups attached to an aromatic ring is 1. The van der Waals surface area contributed by atoms with Crippen LogP contribution in [0, 0.1) is 17.5 Å². The van der Waals surface area contributed by atoms with E-state index in [2.05, 4.69) is 9.97 Å². The Balaban J connectivity index is 0.00000368. The number of halogens is 4. The van der Waals surface area contributed by atoms with Crippen molar-refractivity contribution in [2.24, 2.45) is 0 Å². The van der Waals surface area contributed by atoms with Gasteiger partial charge < -0.3 is 14.9 Å². The van der Waals surface area contributed by atoms with Crippen LogP contribution in [0.25, 0.3) is 44.4 Å². The van der Waals surface area contributed by atoms with Crippen LogP contribution < -0.4 is 15.9 Å². The molecule has 2 N–H and O–H groups in total. The van der Waals surface area contributed by atoms with E-state index in [1.165, 1.54) is 53.5 Å². The number of ether oxygens (including phenoxy) is 1. The zero-order valence-corrected chi connectivity index (χ0v) is 24.0. The second-order valence-corrected chi connectivity index (χ2v) is 10.1. The van der Waals surface area contributed by atoms with Crippen LogP contribution in [0.1, 0.15) is 32.6 Å². The van der Waals surface area contributed by atoms with Crippen LogP contribution in [0.3, 0.4) is 0 Å². The molecule has 6 aromatic rings. The van der Waals surface area contributed by atoms with Crippen LogP contribution in [0.5, 0.6) is 5.75 Å². The third-order valence-electron chi connectivity index (χ3n) is 6.83. The quantitative estimate of drug-likeness (QED) is 0.215. The highest BCUT2D eigenvalue weighted by Gasteiger charge is 2.27. The topological polar surface area (TPSA) is 109 Å². The number of nitrogens with two attached hydrogens (primary N) is 1. The molecule has 0 aliphatic carbocycles. The number of rotatable bonds is 6. The van der Waals surface area contributed by atoms with Crippen molar-refractivity contribution in [2.75, 3.05) is 5.73 Å². The van der Waals surface area contributed by atoms with Gasteiger partial charge in [0.25, 0.3) is 0 Å². The van der Waals surface area contributed by atoms with Gasteiger partial charge >= 0.3 is 0 Å². The van der Waals surface area contributed by atoms with Gasteiger partial charge in [-0.05, 0) is 74.9 Å². The molecule has 8 nitrogen and oxygen atoms in total. The number of hydrogen-bond acceptors (Lipinski definition) is 7. The van der Waals surface area contributed by atoms with Crippen molar-refractivity contribution >= 4 is 40.2 Å². The molecule has 0 saturated heterocycles. The standard InChI is InChI=1S/C31H24F3N5O3.ClH/c1-15(2)41-24-9-7-18(12-22(24)34)27-26-30(35)36-14-37-31(26)39(38-27)16(3)29-25(17-5-4-6-19(32)11-17)28(40)21-13-20(33)8-10-23(21)42-29;/h4-16H,1-3H3,(H2,35,36,37);1H/t16-;/m0./s1. The van der Waals surface area contributed by atoms with Crippen molar-refractivity contribution in [3.63, 3.8) is 0 Å². The predicted octanol–water partition coefficient (Wildman–Crippen LogP) is 7.08. The molecule has 0 unspecified atom stereocenters. The minimum atomic E-state index is -0.815. The summed E-state index contributed by atoms with van der Waals surface area (Å²) in [5.41, 5.74) is 7.10. The molecule has 0 aliphatic heterocycles.